The number of nitrogens with zero attached hydrogens (tertiary/aromatic N) is 3. The van der Waals surface area contributed by atoms with E-state index in [0.29, 0.717) is 35.4 Å². The molecule has 1 aliphatic heterocycles. The summed E-state index contributed by atoms with van der Waals surface area (Å²) in [6, 6.07) is 7.42. The molecule has 1 fully saturated rings. The Balaban J connectivity index is 1.71. The van der Waals surface area contributed by atoms with Gasteiger partial charge in [-0.05, 0) is 24.3 Å². The molecular formula is C17H22N4O3S2. The largest absolute Gasteiger partial charge is 0.299 e. The van der Waals surface area contributed by atoms with Crippen LogP contribution in [-0.4, -0.2) is 47.7 Å². The van der Waals surface area contributed by atoms with Crippen molar-refractivity contribution >= 4 is 32.4 Å². The first-order valence-corrected chi connectivity index (χ1v) is 11.1. The third-order valence-electron chi connectivity index (χ3n) is 4.41. The van der Waals surface area contributed by atoms with Gasteiger partial charge < -0.3 is 0 Å². The fraction of sp³-hybridized carbons (Fsp3) is 0.471. The average Bonchev–Trinajstić information content (AvgIpc) is 3.23. The number of hydrogen-bond donors (Lipinski definition) is 1. The summed E-state index contributed by atoms with van der Waals surface area (Å²) in [4.78, 5) is 12.5. The average molecular weight is 395 g/mol. The van der Waals surface area contributed by atoms with Gasteiger partial charge in [0.1, 0.15) is 11.0 Å². The summed E-state index contributed by atoms with van der Waals surface area (Å²) >= 11 is 1.27. The molecular weight excluding hydrogens is 372 g/mol. The van der Waals surface area contributed by atoms with Gasteiger partial charge in [0.15, 0.2) is 0 Å². The van der Waals surface area contributed by atoms with Crippen LogP contribution in [0.5, 0.6) is 0 Å². The number of amides is 1. The van der Waals surface area contributed by atoms with E-state index in [1.807, 2.05) is 12.1 Å². The maximum absolute atomic E-state index is 12.5. The predicted octanol–water partition coefficient (Wildman–Crippen LogP) is 2.69. The first-order valence-electron chi connectivity index (χ1n) is 8.47. The SMILES string of the molecule is CC(C)c1ccc(-c2nnc(NC(=O)C3CCCN3S(C)(=O)=O)s2)cc1. The number of anilines is 1. The van der Waals surface area contributed by atoms with Crippen molar-refractivity contribution in [3.63, 3.8) is 0 Å². The number of nitrogens with one attached hydrogen (secondary N) is 1. The number of hydrogen-bond acceptors (Lipinski definition) is 6. The van der Waals surface area contributed by atoms with Gasteiger partial charge in [-0.3, -0.25) is 10.1 Å². The van der Waals surface area contributed by atoms with E-state index in [-0.39, 0.29) is 5.91 Å². The Kier molecular flexibility index (Phi) is 5.40. The van der Waals surface area contributed by atoms with E-state index in [4.69, 9.17) is 0 Å². The molecule has 1 aromatic heterocycles. The first-order chi connectivity index (χ1) is 12.3. The van der Waals surface area contributed by atoms with Crippen LogP contribution in [0.1, 0.15) is 38.2 Å². The molecule has 0 bridgehead atoms. The molecule has 3 rings (SSSR count). The van der Waals surface area contributed by atoms with Crippen molar-refractivity contribution in [1.82, 2.24) is 14.5 Å². The molecule has 7 nitrogen and oxygen atoms in total. The van der Waals surface area contributed by atoms with Crippen LogP contribution in [0, 0.1) is 0 Å². The predicted molar refractivity (Wildman–Crippen MR) is 103 cm³/mol. The third-order valence-corrected chi connectivity index (χ3v) is 6.59. The van der Waals surface area contributed by atoms with E-state index in [1.165, 1.54) is 21.2 Å². The van der Waals surface area contributed by atoms with Crippen LogP contribution < -0.4 is 5.32 Å². The minimum Gasteiger partial charge on any atom is -0.299 e. The van der Waals surface area contributed by atoms with Crippen LogP contribution in [0.15, 0.2) is 24.3 Å². The summed E-state index contributed by atoms with van der Waals surface area (Å²) in [6.07, 6.45) is 2.32. The lowest BCUT2D eigenvalue weighted by Crippen LogP contribution is -2.42. The molecule has 2 heterocycles. The smallest absolute Gasteiger partial charge is 0.244 e. The molecule has 140 valence electrons. The summed E-state index contributed by atoms with van der Waals surface area (Å²) in [6.45, 7) is 4.65. The highest BCUT2D eigenvalue weighted by atomic mass is 32.2. The van der Waals surface area contributed by atoms with Gasteiger partial charge in [-0.1, -0.05) is 49.4 Å². The van der Waals surface area contributed by atoms with E-state index in [9.17, 15) is 13.2 Å². The molecule has 0 saturated carbocycles. The molecule has 1 aliphatic rings. The van der Waals surface area contributed by atoms with Crippen molar-refractivity contribution in [3.8, 4) is 10.6 Å². The second kappa shape index (κ2) is 7.42. The summed E-state index contributed by atoms with van der Waals surface area (Å²) in [5, 5.41) is 11.9. The highest BCUT2D eigenvalue weighted by Crippen LogP contribution is 2.29. The van der Waals surface area contributed by atoms with Crippen LogP contribution in [0.25, 0.3) is 10.6 Å². The zero-order valence-corrected chi connectivity index (χ0v) is 16.6. The fourth-order valence-electron chi connectivity index (χ4n) is 2.99. The molecule has 1 unspecified atom stereocenters. The van der Waals surface area contributed by atoms with Crippen LogP contribution in [0.4, 0.5) is 5.13 Å². The summed E-state index contributed by atoms with van der Waals surface area (Å²) in [5.74, 6) is 0.100. The van der Waals surface area contributed by atoms with Crippen molar-refractivity contribution in [2.45, 2.75) is 38.6 Å². The highest BCUT2D eigenvalue weighted by Gasteiger charge is 2.36. The second-order valence-electron chi connectivity index (χ2n) is 6.71. The lowest BCUT2D eigenvalue weighted by molar-refractivity contribution is -0.119. The van der Waals surface area contributed by atoms with Gasteiger partial charge in [0.25, 0.3) is 0 Å². The zero-order chi connectivity index (χ0) is 18.9. The van der Waals surface area contributed by atoms with E-state index in [2.05, 4.69) is 41.5 Å². The van der Waals surface area contributed by atoms with E-state index < -0.39 is 16.1 Å². The van der Waals surface area contributed by atoms with Crippen molar-refractivity contribution in [3.05, 3.63) is 29.8 Å². The van der Waals surface area contributed by atoms with E-state index >= 15 is 0 Å². The molecule has 26 heavy (non-hydrogen) atoms. The lowest BCUT2D eigenvalue weighted by atomic mass is 10.0. The Morgan fingerprint density at radius 1 is 1.27 bits per heavy atom. The molecule has 1 atom stereocenters. The molecule has 1 amide bonds. The number of benzene rings is 1. The fourth-order valence-corrected chi connectivity index (χ4v) is 4.86. The van der Waals surface area contributed by atoms with Gasteiger partial charge in [-0.25, -0.2) is 8.42 Å². The number of rotatable bonds is 5. The maximum atomic E-state index is 12.5. The summed E-state index contributed by atoms with van der Waals surface area (Å²) in [7, 11) is -3.40. The van der Waals surface area contributed by atoms with Crippen LogP contribution in [-0.2, 0) is 14.8 Å². The number of sulfonamides is 1. The number of carbonyl (C=O) groups excluding carboxylic acids is 1. The minimum atomic E-state index is -3.40. The standard InChI is InChI=1S/C17H22N4O3S2/c1-11(2)12-6-8-13(9-7-12)16-19-20-17(25-16)18-15(22)14-5-4-10-21(14)26(3,23)24/h6-9,11,14H,4-5,10H2,1-3H3,(H,18,20,22). The van der Waals surface area contributed by atoms with Crippen LogP contribution in [0.3, 0.4) is 0 Å². The van der Waals surface area contributed by atoms with E-state index in [1.54, 1.807) is 0 Å². The molecule has 1 saturated heterocycles. The van der Waals surface area contributed by atoms with Crippen LogP contribution >= 0.6 is 11.3 Å². The first kappa shape index (κ1) is 18.9. The van der Waals surface area contributed by atoms with Gasteiger partial charge >= 0.3 is 0 Å². The molecule has 1 aromatic carbocycles. The topological polar surface area (TPSA) is 92.3 Å². The monoisotopic (exact) mass is 394 g/mol. The lowest BCUT2D eigenvalue weighted by Gasteiger charge is -2.20. The quantitative estimate of drug-likeness (QED) is 0.842. The second-order valence-corrected chi connectivity index (χ2v) is 9.62. The number of aromatic nitrogens is 2. The summed E-state index contributed by atoms with van der Waals surface area (Å²) < 4.78 is 24.8. The molecule has 9 heteroatoms. The highest BCUT2D eigenvalue weighted by molar-refractivity contribution is 7.88. The Morgan fingerprint density at radius 2 is 1.96 bits per heavy atom. The Labute approximate surface area is 157 Å². The molecule has 0 spiro atoms. The Bertz CT molecular complexity index is 891. The van der Waals surface area contributed by atoms with Gasteiger partial charge in [-0.2, -0.15) is 4.31 Å². The molecule has 1 N–H and O–H groups in total. The van der Waals surface area contributed by atoms with Crippen molar-refractivity contribution in [2.24, 2.45) is 0 Å². The number of carbonyl (C=O) groups is 1. The summed E-state index contributed by atoms with van der Waals surface area (Å²) in [5.41, 5.74) is 2.18. The normalized spacial score (nSPS) is 18.4. The van der Waals surface area contributed by atoms with Gasteiger partial charge in [0.2, 0.25) is 21.1 Å². The molecule has 0 radical (unpaired) electrons. The van der Waals surface area contributed by atoms with Crippen molar-refractivity contribution in [2.75, 3.05) is 18.1 Å². The van der Waals surface area contributed by atoms with E-state index in [0.717, 1.165) is 11.8 Å². The van der Waals surface area contributed by atoms with Crippen LogP contribution in [0.2, 0.25) is 0 Å². The maximum Gasteiger partial charge on any atom is 0.244 e. The molecule has 2 aromatic rings. The Hall–Kier alpha value is -1.84. The minimum absolute atomic E-state index is 0.356. The van der Waals surface area contributed by atoms with Gasteiger partial charge in [-0.15, -0.1) is 10.2 Å². The van der Waals surface area contributed by atoms with Gasteiger partial charge in [0, 0.05) is 12.1 Å². The van der Waals surface area contributed by atoms with Crippen molar-refractivity contribution < 1.29 is 13.2 Å². The molecule has 0 aliphatic carbocycles. The Morgan fingerprint density at radius 3 is 2.58 bits per heavy atom. The third kappa shape index (κ3) is 4.11. The van der Waals surface area contributed by atoms with Gasteiger partial charge in [0.05, 0.1) is 6.26 Å². The van der Waals surface area contributed by atoms with Crippen molar-refractivity contribution in [1.29, 1.82) is 0 Å². The zero-order valence-electron chi connectivity index (χ0n) is 15.0.